The summed E-state index contributed by atoms with van der Waals surface area (Å²) in [5.74, 6) is 0. The van der Waals surface area contributed by atoms with Crippen molar-refractivity contribution in [2.75, 3.05) is 13.1 Å². The molecule has 0 saturated carbocycles. The summed E-state index contributed by atoms with van der Waals surface area (Å²) in [5.41, 5.74) is 5.46. The fourth-order valence-corrected chi connectivity index (χ4v) is 3.46. The van der Waals surface area contributed by atoms with Crippen molar-refractivity contribution in [2.24, 2.45) is 0 Å². The van der Waals surface area contributed by atoms with Gasteiger partial charge in [-0.05, 0) is 75.8 Å². The molecule has 146 valence electrons. The third kappa shape index (κ3) is 6.00. The Hall–Kier alpha value is -2.00. The fourth-order valence-electron chi connectivity index (χ4n) is 3.28. The first-order chi connectivity index (χ1) is 12.6. The number of carbonyl (C=O) groups is 1. The highest BCUT2D eigenvalue weighted by molar-refractivity contribution is 6.30. The van der Waals surface area contributed by atoms with Crippen molar-refractivity contribution in [1.29, 1.82) is 0 Å². The lowest BCUT2D eigenvalue weighted by Gasteiger charge is -2.32. The molecule has 0 atom stereocenters. The van der Waals surface area contributed by atoms with Gasteiger partial charge < -0.3 is 9.64 Å². The molecule has 0 spiro atoms. The summed E-state index contributed by atoms with van der Waals surface area (Å²) in [6.45, 7) is 17.1. The Morgan fingerprint density at radius 1 is 1.30 bits per heavy atom. The Balaban J connectivity index is 2.28. The third-order valence-corrected chi connectivity index (χ3v) is 4.72. The highest BCUT2D eigenvalue weighted by Gasteiger charge is 2.26. The van der Waals surface area contributed by atoms with E-state index in [2.05, 4.69) is 19.2 Å². The number of likely N-dealkylation sites (tertiary alicyclic amines) is 1. The largest absolute Gasteiger partial charge is 0.444 e. The molecular formula is C23H30ClNO2. The molecule has 4 heteroatoms. The van der Waals surface area contributed by atoms with Crippen molar-refractivity contribution >= 4 is 29.3 Å². The van der Waals surface area contributed by atoms with E-state index in [1.807, 2.05) is 45.9 Å². The quantitative estimate of drug-likeness (QED) is 0.535. The second-order valence-corrected chi connectivity index (χ2v) is 8.56. The van der Waals surface area contributed by atoms with E-state index < -0.39 is 5.60 Å². The van der Waals surface area contributed by atoms with Gasteiger partial charge in [0, 0.05) is 18.1 Å². The Kier molecular flexibility index (Phi) is 6.94. The fraction of sp³-hybridized carbons (Fsp3) is 0.435. The van der Waals surface area contributed by atoms with E-state index in [1.54, 1.807) is 4.90 Å². The standard InChI is InChI=1S/C23H30ClNO2/c1-7-17-15-19(24)8-9-20(17)21(14-16(2)3)18-10-12-25(13-11-18)22(26)27-23(4,5)6/h7-9,15H,1-2,10-14H2,3-6H3. The van der Waals surface area contributed by atoms with Crippen LogP contribution >= 0.6 is 11.6 Å². The first-order valence-corrected chi connectivity index (χ1v) is 9.74. The van der Waals surface area contributed by atoms with E-state index in [4.69, 9.17) is 16.3 Å². The molecule has 0 N–H and O–H groups in total. The maximum atomic E-state index is 12.3. The van der Waals surface area contributed by atoms with Crippen LogP contribution in [0.15, 0.2) is 42.5 Å². The molecule has 2 rings (SSSR count). The van der Waals surface area contributed by atoms with E-state index in [0.29, 0.717) is 18.1 Å². The predicted octanol–water partition coefficient (Wildman–Crippen LogP) is 6.73. The molecular weight excluding hydrogens is 358 g/mol. The van der Waals surface area contributed by atoms with Crippen molar-refractivity contribution in [1.82, 2.24) is 4.90 Å². The maximum Gasteiger partial charge on any atom is 0.410 e. The first kappa shape index (κ1) is 21.3. The van der Waals surface area contributed by atoms with Crippen LogP contribution in [0.3, 0.4) is 0 Å². The third-order valence-electron chi connectivity index (χ3n) is 4.48. The van der Waals surface area contributed by atoms with Gasteiger partial charge in [-0.3, -0.25) is 0 Å². The van der Waals surface area contributed by atoms with Crippen molar-refractivity contribution in [3.05, 3.63) is 58.7 Å². The summed E-state index contributed by atoms with van der Waals surface area (Å²) in [6, 6.07) is 5.92. The van der Waals surface area contributed by atoms with Crippen molar-refractivity contribution < 1.29 is 9.53 Å². The maximum absolute atomic E-state index is 12.3. The number of carbonyl (C=O) groups excluding carboxylic acids is 1. The zero-order chi connectivity index (χ0) is 20.2. The summed E-state index contributed by atoms with van der Waals surface area (Å²) in [5, 5.41) is 0.702. The lowest BCUT2D eigenvalue weighted by molar-refractivity contribution is 0.0236. The number of allylic oxidation sites excluding steroid dienone is 2. The average molecular weight is 388 g/mol. The molecule has 0 radical (unpaired) electrons. The minimum absolute atomic E-state index is 0.235. The predicted molar refractivity (Wildman–Crippen MR) is 115 cm³/mol. The summed E-state index contributed by atoms with van der Waals surface area (Å²) in [6.07, 6.45) is 4.09. The number of nitrogens with zero attached hydrogens (tertiary/aromatic N) is 1. The second kappa shape index (κ2) is 8.79. The van der Waals surface area contributed by atoms with E-state index in [-0.39, 0.29) is 6.09 Å². The van der Waals surface area contributed by atoms with Gasteiger partial charge in [0.05, 0.1) is 0 Å². The highest BCUT2D eigenvalue weighted by Crippen LogP contribution is 2.34. The molecule has 0 aromatic heterocycles. The van der Waals surface area contributed by atoms with Crippen LogP contribution in [0.2, 0.25) is 5.02 Å². The van der Waals surface area contributed by atoms with Gasteiger partial charge in [0.1, 0.15) is 5.60 Å². The Morgan fingerprint density at radius 3 is 2.44 bits per heavy atom. The van der Waals surface area contributed by atoms with Crippen LogP contribution in [0.25, 0.3) is 11.6 Å². The lowest BCUT2D eigenvalue weighted by Crippen LogP contribution is -2.40. The lowest BCUT2D eigenvalue weighted by atomic mass is 9.87. The molecule has 27 heavy (non-hydrogen) atoms. The normalized spacial score (nSPS) is 14.7. The monoisotopic (exact) mass is 387 g/mol. The second-order valence-electron chi connectivity index (χ2n) is 8.12. The number of hydrogen-bond acceptors (Lipinski definition) is 2. The van der Waals surface area contributed by atoms with Gasteiger partial charge in [0.25, 0.3) is 0 Å². The molecule has 1 aliphatic rings. The molecule has 0 bridgehead atoms. The molecule has 0 unspecified atom stereocenters. The van der Waals surface area contributed by atoms with Gasteiger partial charge in [0.2, 0.25) is 0 Å². The molecule has 3 nitrogen and oxygen atoms in total. The van der Waals surface area contributed by atoms with Gasteiger partial charge in [-0.2, -0.15) is 0 Å². The zero-order valence-corrected chi connectivity index (χ0v) is 17.7. The Morgan fingerprint density at radius 2 is 1.93 bits per heavy atom. The summed E-state index contributed by atoms with van der Waals surface area (Å²) in [7, 11) is 0. The van der Waals surface area contributed by atoms with Crippen LogP contribution in [-0.2, 0) is 4.74 Å². The van der Waals surface area contributed by atoms with Gasteiger partial charge in [-0.15, -0.1) is 0 Å². The first-order valence-electron chi connectivity index (χ1n) is 9.36. The van der Waals surface area contributed by atoms with E-state index in [1.165, 1.54) is 11.1 Å². The Bertz CT molecular complexity index is 761. The number of amides is 1. The van der Waals surface area contributed by atoms with Crippen molar-refractivity contribution in [3.8, 4) is 0 Å². The number of hydrogen-bond donors (Lipinski definition) is 0. The van der Waals surface area contributed by atoms with Crippen LogP contribution < -0.4 is 0 Å². The molecule has 1 saturated heterocycles. The van der Waals surface area contributed by atoms with Gasteiger partial charge in [-0.1, -0.05) is 48.0 Å². The Labute approximate surface area is 168 Å². The van der Waals surface area contributed by atoms with Gasteiger partial charge in [0.15, 0.2) is 0 Å². The van der Waals surface area contributed by atoms with Gasteiger partial charge >= 0.3 is 6.09 Å². The minimum atomic E-state index is -0.472. The SMILES string of the molecule is C=Cc1cc(Cl)ccc1C(CC(=C)C)=C1CCN(C(=O)OC(C)(C)C)CC1. The minimum Gasteiger partial charge on any atom is -0.444 e. The number of halogens is 1. The molecule has 0 aliphatic carbocycles. The number of rotatable bonds is 4. The molecule has 1 amide bonds. The summed E-state index contributed by atoms with van der Waals surface area (Å²) < 4.78 is 5.50. The average Bonchev–Trinajstić information content (AvgIpc) is 2.58. The van der Waals surface area contributed by atoms with Crippen LogP contribution in [0.1, 0.15) is 58.1 Å². The van der Waals surface area contributed by atoms with Crippen molar-refractivity contribution in [3.63, 3.8) is 0 Å². The highest BCUT2D eigenvalue weighted by atomic mass is 35.5. The number of piperidine rings is 1. The topological polar surface area (TPSA) is 29.5 Å². The number of ether oxygens (including phenoxy) is 1. The summed E-state index contributed by atoms with van der Waals surface area (Å²) >= 11 is 6.16. The van der Waals surface area contributed by atoms with Gasteiger partial charge in [-0.25, -0.2) is 4.79 Å². The zero-order valence-electron chi connectivity index (χ0n) is 16.9. The van der Waals surface area contributed by atoms with E-state index in [9.17, 15) is 4.79 Å². The smallest absolute Gasteiger partial charge is 0.410 e. The molecule has 1 aromatic carbocycles. The molecule has 1 aliphatic heterocycles. The van der Waals surface area contributed by atoms with Crippen LogP contribution in [0, 0.1) is 0 Å². The van der Waals surface area contributed by atoms with Crippen molar-refractivity contribution in [2.45, 2.75) is 52.6 Å². The molecule has 1 fully saturated rings. The molecule has 1 heterocycles. The van der Waals surface area contributed by atoms with Crippen LogP contribution in [-0.4, -0.2) is 29.7 Å². The van der Waals surface area contributed by atoms with Crippen LogP contribution in [0.4, 0.5) is 4.79 Å². The van der Waals surface area contributed by atoms with Crippen LogP contribution in [0.5, 0.6) is 0 Å². The molecule has 1 aromatic rings. The van der Waals surface area contributed by atoms with E-state index >= 15 is 0 Å². The van der Waals surface area contributed by atoms with E-state index in [0.717, 1.165) is 36.0 Å². The summed E-state index contributed by atoms with van der Waals surface area (Å²) in [4.78, 5) is 14.1. The number of benzene rings is 1.